The summed E-state index contributed by atoms with van der Waals surface area (Å²) in [6.45, 7) is 2.70. The molecule has 5 nitrogen and oxygen atoms in total. The van der Waals surface area contributed by atoms with Crippen LogP contribution in [0.2, 0.25) is 0 Å². The van der Waals surface area contributed by atoms with E-state index in [1.54, 1.807) is 11.3 Å². The number of benzene rings is 1. The number of thiophene rings is 1. The average molecular weight is 391 g/mol. The van der Waals surface area contributed by atoms with Crippen molar-refractivity contribution in [2.24, 2.45) is 0 Å². The number of nitrogens with zero attached hydrogens (tertiary/aromatic N) is 2. The fourth-order valence-electron chi connectivity index (χ4n) is 2.13. The quantitative estimate of drug-likeness (QED) is 0.565. The molecule has 2 N–H and O–H groups in total. The van der Waals surface area contributed by atoms with E-state index in [9.17, 15) is 4.79 Å². The summed E-state index contributed by atoms with van der Waals surface area (Å²) in [4.78, 5) is 13.2. The third kappa shape index (κ3) is 5.55. The van der Waals surface area contributed by atoms with Gasteiger partial charge < -0.3 is 10.6 Å². The molecule has 2 heterocycles. The minimum atomic E-state index is -0.0000975. The molecule has 0 saturated heterocycles. The molecule has 0 spiro atoms. The Morgan fingerprint density at radius 3 is 2.80 bits per heavy atom. The lowest BCUT2D eigenvalue weighted by Crippen LogP contribution is -2.27. The van der Waals surface area contributed by atoms with E-state index < -0.39 is 0 Å². The average Bonchev–Trinajstić information content (AvgIpc) is 3.31. The SMILES string of the molecule is CC(NC(=O)CSc1nnc(NCc2ccccc2)s1)c1cccs1. The molecule has 0 aliphatic carbocycles. The minimum absolute atomic E-state index is 0.0000975. The van der Waals surface area contributed by atoms with Crippen LogP contribution < -0.4 is 10.6 Å². The summed E-state index contributed by atoms with van der Waals surface area (Å²) in [5, 5.41) is 17.3. The van der Waals surface area contributed by atoms with Gasteiger partial charge in [0.2, 0.25) is 11.0 Å². The zero-order chi connectivity index (χ0) is 17.5. The standard InChI is InChI=1S/C17H18N4OS3/c1-12(14-8-5-9-23-14)19-15(22)11-24-17-21-20-16(25-17)18-10-13-6-3-2-4-7-13/h2-9,12H,10-11H2,1H3,(H,18,20)(H,19,22). The summed E-state index contributed by atoms with van der Waals surface area (Å²) in [6, 6.07) is 14.2. The molecule has 1 unspecified atom stereocenters. The van der Waals surface area contributed by atoms with Crippen molar-refractivity contribution in [3.05, 3.63) is 58.3 Å². The molecule has 1 amide bonds. The Bertz CT molecular complexity index is 789. The first-order valence-electron chi connectivity index (χ1n) is 7.77. The largest absolute Gasteiger partial charge is 0.356 e. The van der Waals surface area contributed by atoms with E-state index in [1.165, 1.54) is 28.7 Å². The molecule has 0 bridgehead atoms. The molecule has 3 rings (SSSR count). The molecule has 1 aromatic carbocycles. The molecule has 2 aromatic heterocycles. The van der Waals surface area contributed by atoms with Crippen LogP contribution in [-0.4, -0.2) is 21.9 Å². The zero-order valence-electron chi connectivity index (χ0n) is 13.6. The maximum atomic E-state index is 12.1. The Balaban J connectivity index is 1.43. The van der Waals surface area contributed by atoms with Crippen molar-refractivity contribution >= 4 is 45.5 Å². The second kappa shape index (κ2) is 8.98. The van der Waals surface area contributed by atoms with Gasteiger partial charge in [0.1, 0.15) is 0 Å². The predicted octanol–water partition coefficient (Wildman–Crippen LogP) is 4.18. The van der Waals surface area contributed by atoms with Gasteiger partial charge in [-0.1, -0.05) is 59.5 Å². The summed E-state index contributed by atoms with van der Waals surface area (Å²) in [5.74, 6) is 0.336. The lowest BCUT2D eigenvalue weighted by Gasteiger charge is -2.11. The molecule has 0 radical (unpaired) electrons. The number of carbonyl (C=O) groups is 1. The van der Waals surface area contributed by atoms with Crippen molar-refractivity contribution in [3.8, 4) is 0 Å². The Morgan fingerprint density at radius 2 is 2.04 bits per heavy atom. The molecule has 1 atom stereocenters. The van der Waals surface area contributed by atoms with Gasteiger partial charge in [-0.05, 0) is 23.9 Å². The lowest BCUT2D eigenvalue weighted by atomic mass is 10.2. The fraction of sp³-hybridized carbons (Fsp3) is 0.235. The highest BCUT2D eigenvalue weighted by Gasteiger charge is 2.12. The Kier molecular flexibility index (Phi) is 6.43. The van der Waals surface area contributed by atoms with E-state index in [0.29, 0.717) is 12.3 Å². The number of hydrogen-bond donors (Lipinski definition) is 2. The van der Waals surface area contributed by atoms with Gasteiger partial charge in [0, 0.05) is 11.4 Å². The third-order valence-corrected chi connectivity index (χ3v) is 6.44. The molecule has 0 fully saturated rings. The first-order chi connectivity index (χ1) is 12.2. The summed E-state index contributed by atoms with van der Waals surface area (Å²) in [5.41, 5.74) is 1.19. The molecule has 3 aromatic rings. The van der Waals surface area contributed by atoms with Gasteiger partial charge in [-0.25, -0.2) is 0 Å². The highest BCUT2D eigenvalue weighted by Crippen LogP contribution is 2.26. The maximum absolute atomic E-state index is 12.1. The van der Waals surface area contributed by atoms with Crippen LogP contribution in [0.15, 0.2) is 52.2 Å². The van der Waals surface area contributed by atoms with E-state index in [0.717, 1.165) is 14.3 Å². The highest BCUT2D eigenvalue weighted by atomic mass is 32.2. The van der Waals surface area contributed by atoms with Crippen LogP contribution in [0.3, 0.4) is 0 Å². The van der Waals surface area contributed by atoms with Crippen molar-refractivity contribution in [1.29, 1.82) is 0 Å². The van der Waals surface area contributed by atoms with Gasteiger partial charge >= 0.3 is 0 Å². The maximum Gasteiger partial charge on any atom is 0.230 e. The van der Waals surface area contributed by atoms with Crippen molar-refractivity contribution in [2.75, 3.05) is 11.1 Å². The van der Waals surface area contributed by atoms with E-state index in [4.69, 9.17) is 0 Å². The zero-order valence-corrected chi connectivity index (χ0v) is 16.1. The number of anilines is 1. The van der Waals surface area contributed by atoms with E-state index >= 15 is 0 Å². The molecule has 0 aliphatic heterocycles. The van der Waals surface area contributed by atoms with Gasteiger partial charge in [0.05, 0.1) is 11.8 Å². The Labute approximate surface area is 158 Å². The monoisotopic (exact) mass is 390 g/mol. The van der Waals surface area contributed by atoms with E-state index in [2.05, 4.69) is 33.0 Å². The van der Waals surface area contributed by atoms with Crippen LogP contribution in [0, 0.1) is 0 Å². The van der Waals surface area contributed by atoms with Gasteiger partial charge in [-0.3, -0.25) is 4.79 Å². The van der Waals surface area contributed by atoms with Crippen molar-refractivity contribution in [3.63, 3.8) is 0 Å². The summed E-state index contributed by atoms with van der Waals surface area (Å²) in [7, 11) is 0. The third-order valence-electron chi connectivity index (χ3n) is 3.37. The first-order valence-corrected chi connectivity index (χ1v) is 10.5. The van der Waals surface area contributed by atoms with E-state index in [1.807, 2.05) is 42.6 Å². The Hall–Kier alpha value is -1.90. The second-order valence-electron chi connectivity index (χ2n) is 5.31. The number of nitrogens with one attached hydrogen (secondary N) is 2. The highest BCUT2D eigenvalue weighted by molar-refractivity contribution is 8.01. The molecule has 25 heavy (non-hydrogen) atoms. The van der Waals surface area contributed by atoms with Crippen molar-refractivity contribution in [2.45, 2.75) is 23.8 Å². The van der Waals surface area contributed by atoms with Gasteiger partial charge in [-0.2, -0.15) is 0 Å². The molecular formula is C17H18N4OS3. The summed E-state index contributed by atoms with van der Waals surface area (Å²) in [6.07, 6.45) is 0. The predicted molar refractivity (Wildman–Crippen MR) is 105 cm³/mol. The van der Waals surface area contributed by atoms with Crippen LogP contribution in [0.4, 0.5) is 5.13 Å². The number of rotatable bonds is 8. The van der Waals surface area contributed by atoms with Gasteiger partial charge in [-0.15, -0.1) is 21.5 Å². The van der Waals surface area contributed by atoms with Crippen LogP contribution >= 0.6 is 34.4 Å². The van der Waals surface area contributed by atoms with Crippen LogP contribution in [-0.2, 0) is 11.3 Å². The molecule has 8 heteroatoms. The van der Waals surface area contributed by atoms with Gasteiger partial charge in [0.15, 0.2) is 4.34 Å². The molecule has 130 valence electrons. The molecule has 0 saturated carbocycles. The first kappa shape index (κ1) is 17.9. The Morgan fingerprint density at radius 1 is 1.20 bits per heavy atom. The molecule has 0 aliphatic rings. The van der Waals surface area contributed by atoms with Crippen molar-refractivity contribution < 1.29 is 4.79 Å². The lowest BCUT2D eigenvalue weighted by molar-refractivity contribution is -0.119. The summed E-state index contributed by atoms with van der Waals surface area (Å²) >= 11 is 4.51. The van der Waals surface area contributed by atoms with E-state index in [-0.39, 0.29) is 11.9 Å². The minimum Gasteiger partial charge on any atom is -0.356 e. The number of carbonyl (C=O) groups excluding carboxylic acids is 1. The second-order valence-corrected chi connectivity index (χ2v) is 8.48. The van der Waals surface area contributed by atoms with Gasteiger partial charge in [0.25, 0.3) is 0 Å². The van der Waals surface area contributed by atoms with Crippen LogP contribution in [0.1, 0.15) is 23.4 Å². The number of hydrogen-bond acceptors (Lipinski definition) is 7. The van der Waals surface area contributed by atoms with Crippen LogP contribution in [0.25, 0.3) is 0 Å². The normalized spacial score (nSPS) is 11.9. The smallest absolute Gasteiger partial charge is 0.230 e. The summed E-state index contributed by atoms with van der Waals surface area (Å²) < 4.78 is 0.787. The number of aromatic nitrogens is 2. The topological polar surface area (TPSA) is 66.9 Å². The number of amides is 1. The fourth-order valence-corrected chi connectivity index (χ4v) is 4.43. The number of thioether (sulfide) groups is 1. The van der Waals surface area contributed by atoms with Crippen LogP contribution in [0.5, 0.6) is 0 Å². The molecular weight excluding hydrogens is 372 g/mol. The van der Waals surface area contributed by atoms with Crippen molar-refractivity contribution in [1.82, 2.24) is 15.5 Å².